The molecule has 3 rings (SSSR count). The number of aromatic nitrogens is 1. The Morgan fingerprint density at radius 1 is 1.13 bits per heavy atom. The first-order valence-corrected chi connectivity index (χ1v) is 8.54. The van der Waals surface area contributed by atoms with Crippen molar-refractivity contribution in [2.45, 2.75) is 20.3 Å². The van der Waals surface area contributed by atoms with Crippen LogP contribution in [0.1, 0.15) is 23.6 Å². The van der Waals surface area contributed by atoms with Gasteiger partial charge in [-0.05, 0) is 24.5 Å². The van der Waals surface area contributed by atoms with E-state index in [-0.39, 0.29) is 0 Å². The quantitative estimate of drug-likeness (QED) is 0.522. The van der Waals surface area contributed by atoms with E-state index in [2.05, 4.69) is 59.7 Å². The number of hydrogen-bond acceptors (Lipinski definition) is 4. The Morgan fingerprint density at radius 3 is 2.74 bits per heavy atom. The lowest BCUT2D eigenvalue weighted by Crippen LogP contribution is -1.97. The lowest BCUT2D eigenvalue weighted by Gasteiger charge is -2.06. The second-order valence-electron chi connectivity index (χ2n) is 5.28. The van der Waals surface area contributed by atoms with E-state index in [1.807, 2.05) is 29.8 Å². The van der Waals surface area contributed by atoms with E-state index in [1.54, 1.807) is 11.3 Å². The zero-order valence-electron chi connectivity index (χ0n) is 13.3. The maximum absolute atomic E-state index is 4.57. The normalized spacial score (nSPS) is 11.0. The van der Waals surface area contributed by atoms with E-state index in [4.69, 9.17) is 0 Å². The molecule has 0 aliphatic heterocycles. The van der Waals surface area contributed by atoms with E-state index >= 15 is 0 Å². The van der Waals surface area contributed by atoms with Crippen LogP contribution < -0.4 is 5.43 Å². The Morgan fingerprint density at radius 2 is 1.96 bits per heavy atom. The number of thiazole rings is 1. The van der Waals surface area contributed by atoms with E-state index in [0.29, 0.717) is 0 Å². The number of aryl methyl sites for hydroxylation is 2. The third-order valence-electron chi connectivity index (χ3n) is 3.72. The van der Waals surface area contributed by atoms with Gasteiger partial charge >= 0.3 is 0 Å². The molecule has 3 nitrogen and oxygen atoms in total. The Labute approximate surface area is 140 Å². The topological polar surface area (TPSA) is 37.3 Å². The number of benzene rings is 2. The summed E-state index contributed by atoms with van der Waals surface area (Å²) in [6, 6.07) is 16.5. The smallest absolute Gasteiger partial charge is 0.203 e. The summed E-state index contributed by atoms with van der Waals surface area (Å²) in [5.41, 5.74) is 8.85. The van der Waals surface area contributed by atoms with Crippen molar-refractivity contribution >= 4 is 22.7 Å². The Kier molecular flexibility index (Phi) is 4.83. The summed E-state index contributed by atoms with van der Waals surface area (Å²) < 4.78 is 0. The molecule has 4 heteroatoms. The summed E-state index contributed by atoms with van der Waals surface area (Å²) in [5.74, 6) is 0. The molecule has 1 heterocycles. The van der Waals surface area contributed by atoms with Crippen LogP contribution in [0.15, 0.2) is 59.0 Å². The lowest BCUT2D eigenvalue weighted by molar-refractivity contribution is 1.12. The molecular weight excluding hydrogens is 302 g/mol. The van der Waals surface area contributed by atoms with Crippen LogP contribution in [0.4, 0.5) is 5.13 Å². The molecule has 116 valence electrons. The van der Waals surface area contributed by atoms with Crippen LogP contribution >= 0.6 is 11.3 Å². The summed E-state index contributed by atoms with van der Waals surface area (Å²) in [6.45, 7) is 4.27. The van der Waals surface area contributed by atoms with E-state index in [1.165, 1.54) is 16.7 Å². The second-order valence-corrected chi connectivity index (χ2v) is 6.13. The zero-order chi connectivity index (χ0) is 16.1. The molecule has 0 radical (unpaired) electrons. The molecule has 1 N–H and O–H groups in total. The first-order valence-electron chi connectivity index (χ1n) is 7.66. The fourth-order valence-corrected chi connectivity index (χ4v) is 3.12. The first kappa shape index (κ1) is 15.4. The van der Waals surface area contributed by atoms with Crippen molar-refractivity contribution in [3.05, 3.63) is 70.6 Å². The predicted octanol–water partition coefficient (Wildman–Crippen LogP) is 5.13. The average Bonchev–Trinajstić information content (AvgIpc) is 3.06. The van der Waals surface area contributed by atoms with Crippen molar-refractivity contribution in [1.82, 2.24) is 4.98 Å². The highest BCUT2D eigenvalue weighted by Crippen LogP contribution is 2.24. The highest BCUT2D eigenvalue weighted by Gasteiger charge is 2.04. The maximum Gasteiger partial charge on any atom is 0.203 e. The second kappa shape index (κ2) is 7.20. The van der Waals surface area contributed by atoms with Gasteiger partial charge in [0.05, 0.1) is 11.9 Å². The molecular formula is C19H19N3S. The number of hydrazone groups is 1. The minimum absolute atomic E-state index is 0.798. The summed E-state index contributed by atoms with van der Waals surface area (Å²) in [4.78, 5) is 4.57. The molecule has 3 aromatic rings. The number of anilines is 1. The molecule has 0 saturated carbocycles. The van der Waals surface area contributed by atoms with Gasteiger partial charge in [-0.25, -0.2) is 4.98 Å². The predicted molar refractivity (Wildman–Crippen MR) is 99.3 cm³/mol. The molecule has 0 fully saturated rings. The molecule has 0 unspecified atom stereocenters. The molecule has 2 aromatic carbocycles. The van der Waals surface area contributed by atoms with Gasteiger partial charge in [0, 0.05) is 16.5 Å². The zero-order valence-corrected chi connectivity index (χ0v) is 14.1. The van der Waals surface area contributed by atoms with Crippen molar-refractivity contribution in [3.63, 3.8) is 0 Å². The molecule has 0 aliphatic carbocycles. The minimum Gasteiger partial charge on any atom is -0.253 e. The van der Waals surface area contributed by atoms with Crippen molar-refractivity contribution in [1.29, 1.82) is 0 Å². The van der Waals surface area contributed by atoms with Gasteiger partial charge in [-0.15, -0.1) is 11.3 Å². The molecule has 1 aromatic heterocycles. The Balaban J connectivity index is 1.73. The molecule has 0 amide bonds. The van der Waals surface area contributed by atoms with E-state index in [0.717, 1.165) is 22.8 Å². The fourth-order valence-electron chi connectivity index (χ4n) is 2.45. The summed E-state index contributed by atoms with van der Waals surface area (Å²) in [5, 5.41) is 7.20. The van der Waals surface area contributed by atoms with Crippen molar-refractivity contribution in [2.75, 3.05) is 5.43 Å². The van der Waals surface area contributed by atoms with Crippen LogP contribution in [0.25, 0.3) is 11.3 Å². The number of hydrogen-bond donors (Lipinski definition) is 1. The summed E-state index contributed by atoms with van der Waals surface area (Å²) in [7, 11) is 0. The highest BCUT2D eigenvalue weighted by molar-refractivity contribution is 7.14. The van der Waals surface area contributed by atoms with Gasteiger partial charge in [-0.3, -0.25) is 5.43 Å². The van der Waals surface area contributed by atoms with Gasteiger partial charge in [-0.2, -0.15) is 5.10 Å². The summed E-state index contributed by atoms with van der Waals surface area (Å²) in [6.07, 6.45) is 2.89. The van der Waals surface area contributed by atoms with E-state index in [9.17, 15) is 0 Å². The number of nitrogens with one attached hydrogen (secondary N) is 1. The standard InChI is InChI=1S/C19H19N3S/c1-3-15-11-7-8-14(2)17(15)12-20-22-19-21-18(13-23-19)16-9-5-4-6-10-16/h4-13H,3H2,1-2H3,(H,21,22). The largest absolute Gasteiger partial charge is 0.253 e. The third-order valence-corrected chi connectivity index (χ3v) is 4.47. The first-order chi connectivity index (χ1) is 11.3. The van der Waals surface area contributed by atoms with Crippen LogP contribution in [0.2, 0.25) is 0 Å². The van der Waals surface area contributed by atoms with Crippen LogP contribution in [-0.4, -0.2) is 11.2 Å². The molecule has 0 saturated heterocycles. The van der Waals surface area contributed by atoms with Gasteiger partial charge in [0.25, 0.3) is 0 Å². The number of nitrogens with zero attached hydrogens (tertiary/aromatic N) is 2. The highest BCUT2D eigenvalue weighted by atomic mass is 32.1. The van der Waals surface area contributed by atoms with Crippen LogP contribution in [0.5, 0.6) is 0 Å². The van der Waals surface area contributed by atoms with Crippen molar-refractivity contribution < 1.29 is 0 Å². The fraction of sp³-hybridized carbons (Fsp3) is 0.158. The molecule has 23 heavy (non-hydrogen) atoms. The average molecular weight is 321 g/mol. The van der Waals surface area contributed by atoms with Gasteiger partial charge in [0.15, 0.2) is 0 Å². The van der Waals surface area contributed by atoms with Crippen LogP contribution in [-0.2, 0) is 6.42 Å². The Hall–Kier alpha value is -2.46. The maximum atomic E-state index is 4.57. The minimum atomic E-state index is 0.798. The van der Waals surface area contributed by atoms with Gasteiger partial charge in [0.2, 0.25) is 5.13 Å². The van der Waals surface area contributed by atoms with Crippen LogP contribution in [0, 0.1) is 6.92 Å². The van der Waals surface area contributed by atoms with Gasteiger partial charge < -0.3 is 0 Å². The van der Waals surface area contributed by atoms with Gasteiger partial charge in [-0.1, -0.05) is 55.5 Å². The number of rotatable bonds is 5. The SMILES string of the molecule is CCc1cccc(C)c1C=NNc1nc(-c2ccccc2)cs1. The van der Waals surface area contributed by atoms with Crippen LogP contribution in [0.3, 0.4) is 0 Å². The molecule has 0 atom stereocenters. The molecule has 0 bridgehead atoms. The van der Waals surface area contributed by atoms with Gasteiger partial charge in [0.1, 0.15) is 0 Å². The molecule has 0 aliphatic rings. The summed E-state index contributed by atoms with van der Waals surface area (Å²) >= 11 is 1.56. The third kappa shape index (κ3) is 3.66. The van der Waals surface area contributed by atoms with Crippen molar-refractivity contribution in [2.24, 2.45) is 5.10 Å². The van der Waals surface area contributed by atoms with E-state index < -0.39 is 0 Å². The Bertz CT molecular complexity index is 806. The molecule has 0 spiro atoms. The monoisotopic (exact) mass is 321 g/mol. The lowest BCUT2D eigenvalue weighted by atomic mass is 10.0. The van der Waals surface area contributed by atoms with Crippen molar-refractivity contribution in [3.8, 4) is 11.3 Å².